The van der Waals surface area contributed by atoms with E-state index >= 15 is 0 Å². The molecule has 0 aliphatic rings. The zero-order valence-corrected chi connectivity index (χ0v) is 12.0. The molecule has 2 aromatic rings. The smallest absolute Gasteiger partial charge is 0.227 e. The van der Waals surface area contributed by atoms with E-state index in [1.54, 1.807) is 20.3 Å². The van der Waals surface area contributed by atoms with Gasteiger partial charge in [0.05, 0.1) is 14.2 Å². The van der Waals surface area contributed by atoms with Crippen LogP contribution in [0.4, 0.5) is 0 Å². The lowest BCUT2D eigenvalue weighted by atomic mass is 10.2. The van der Waals surface area contributed by atoms with E-state index in [-0.39, 0.29) is 0 Å². The fraction of sp³-hybridized carbons (Fsp3) is 0.429. The minimum Gasteiger partial charge on any atom is -0.497 e. The first-order valence-electron chi connectivity index (χ1n) is 6.47. The molecule has 0 aliphatic carbocycles. The Balaban J connectivity index is 2.18. The van der Waals surface area contributed by atoms with Gasteiger partial charge in [-0.05, 0) is 32.1 Å². The summed E-state index contributed by atoms with van der Waals surface area (Å²) in [6.07, 6.45) is 1.72. The molecule has 1 aromatic heterocycles. The molecule has 0 atom stereocenters. The third-order valence-corrected chi connectivity index (χ3v) is 2.90. The van der Waals surface area contributed by atoms with E-state index in [0.29, 0.717) is 23.2 Å². The Morgan fingerprint density at radius 2 is 1.85 bits per heavy atom. The number of hydrogen-bond donors (Lipinski definition) is 1. The van der Waals surface area contributed by atoms with Crippen molar-refractivity contribution >= 4 is 0 Å². The fourth-order valence-corrected chi connectivity index (χ4v) is 1.83. The summed E-state index contributed by atoms with van der Waals surface area (Å²) in [5.74, 6) is 2.57. The Bertz CT molecular complexity index is 532. The van der Waals surface area contributed by atoms with E-state index < -0.39 is 0 Å². The van der Waals surface area contributed by atoms with Crippen LogP contribution in [0.1, 0.15) is 12.3 Å². The van der Waals surface area contributed by atoms with Crippen LogP contribution in [-0.4, -0.2) is 38.0 Å². The van der Waals surface area contributed by atoms with Gasteiger partial charge in [-0.3, -0.25) is 0 Å². The van der Waals surface area contributed by atoms with Crippen LogP contribution in [0.25, 0.3) is 11.4 Å². The van der Waals surface area contributed by atoms with Gasteiger partial charge < -0.3 is 19.3 Å². The maximum absolute atomic E-state index is 5.24. The molecule has 0 aliphatic heterocycles. The summed E-state index contributed by atoms with van der Waals surface area (Å²) in [4.78, 5) is 4.39. The minimum absolute atomic E-state index is 0.543. The van der Waals surface area contributed by atoms with Crippen molar-refractivity contribution in [3.05, 3.63) is 24.1 Å². The summed E-state index contributed by atoms with van der Waals surface area (Å²) < 4.78 is 15.7. The molecular formula is C14H19N3O3. The lowest BCUT2D eigenvalue weighted by Gasteiger charge is -2.05. The van der Waals surface area contributed by atoms with Gasteiger partial charge in [0.2, 0.25) is 11.7 Å². The number of nitrogens with zero attached hydrogens (tertiary/aromatic N) is 2. The summed E-state index contributed by atoms with van der Waals surface area (Å²) in [7, 11) is 5.14. The van der Waals surface area contributed by atoms with Crippen LogP contribution in [0.5, 0.6) is 11.5 Å². The van der Waals surface area contributed by atoms with Crippen LogP contribution in [0.2, 0.25) is 0 Å². The molecule has 0 bridgehead atoms. The van der Waals surface area contributed by atoms with E-state index in [9.17, 15) is 0 Å². The predicted octanol–water partition coefficient (Wildman–Crippen LogP) is 1.91. The lowest BCUT2D eigenvalue weighted by Crippen LogP contribution is -2.08. The standard InChI is InChI=1S/C14H19N3O3/c1-15-6-4-5-13-16-14(17-20-13)10-7-11(18-2)9-12(8-10)19-3/h7-9,15H,4-6H2,1-3H3. The zero-order valence-electron chi connectivity index (χ0n) is 12.0. The molecule has 0 saturated carbocycles. The highest BCUT2D eigenvalue weighted by molar-refractivity contribution is 5.60. The average molecular weight is 277 g/mol. The van der Waals surface area contributed by atoms with Crippen molar-refractivity contribution in [3.8, 4) is 22.9 Å². The Kier molecular flexibility index (Phi) is 4.95. The Labute approximate surface area is 118 Å². The molecule has 1 aromatic carbocycles. The molecular weight excluding hydrogens is 258 g/mol. The van der Waals surface area contributed by atoms with Gasteiger partial charge in [-0.1, -0.05) is 5.16 Å². The van der Waals surface area contributed by atoms with Crippen LogP contribution >= 0.6 is 0 Å². The van der Waals surface area contributed by atoms with E-state index in [4.69, 9.17) is 14.0 Å². The van der Waals surface area contributed by atoms with Crippen molar-refractivity contribution in [3.63, 3.8) is 0 Å². The number of benzene rings is 1. The first kappa shape index (κ1) is 14.3. The van der Waals surface area contributed by atoms with Crippen LogP contribution in [0.3, 0.4) is 0 Å². The maximum Gasteiger partial charge on any atom is 0.227 e. The highest BCUT2D eigenvalue weighted by Crippen LogP contribution is 2.28. The summed E-state index contributed by atoms with van der Waals surface area (Å²) >= 11 is 0. The number of rotatable bonds is 7. The topological polar surface area (TPSA) is 69.4 Å². The van der Waals surface area contributed by atoms with Crippen molar-refractivity contribution in [2.24, 2.45) is 0 Å². The number of aromatic nitrogens is 2. The monoisotopic (exact) mass is 277 g/mol. The van der Waals surface area contributed by atoms with Crippen LogP contribution in [0.15, 0.2) is 22.7 Å². The van der Waals surface area contributed by atoms with Crippen molar-refractivity contribution in [2.45, 2.75) is 12.8 Å². The first-order chi connectivity index (χ1) is 9.76. The molecule has 0 spiro atoms. The SMILES string of the molecule is CNCCCc1nc(-c2cc(OC)cc(OC)c2)no1. The Hall–Kier alpha value is -2.08. The maximum atomic E-state index is 5.24. The van der Waals surface area contributed by atoms with Gasteiger partial charge in [-0.25, -0.2) is 0 Å². The number of methoxy groups -OCH3 is 2. The fourth-order valence-electron chi connectivity index (χ4n) is 1.83. The minimum atomic E-state index is 0.543. The van der Waals surface area contributed by atoms with Crippen LogP contribution in [-0.2, 0) is 6.42 Å². The van der Waals surface area contributed by atoms with Crippen LogP contribution < -0.4 is 14.8 Å². The second kappa shape index (κ2) is 6.91. The van der Waals surface area contributed by atoms with E-state index in [1.807, 2.05) is 19.2 Å². The van der Waals surface area contributed by atoms with Crippen LogP contribution in [0, 0.1) is 0 Å². The average Bonchev–Trinajstić information content (AvgIpc) is 2.96. The van der Waals surface area contributed by atoms with Crippen molar-refractivity contribution in [1.29, 1.82) is 0 Å². The summed E-state index contributed by atoms with van der Waals surface area (Å²) in [5.41, 5.74) is 0.810. The summed E-state index contributed by atoms with van der Waals surface area (Å²) in [6.45, 7) is 0.921. The predicted molar refractivity (Wildman–Crippen MR) is 75.1 cm³/mol. The first-order valence-corrected chi connectivity index (χ1v) is 6.47. The molecule has 1 N–H and O–H groups in total. The highest BCUT2D eigenvalue weighted by Gasteiger charge is 2.11. The number of aryl methyl sites for hydroxylation is 1. The van der Waals surface area contributed by atoms with E-state index in [2.05, 4.69) is 15.5 Å². The number of hydrogen-bond acceptors (Lipinski definition) is 6. The number of ether oxygens (including phenoxy) is 2. The third kappa shape index (κ3) is 3.48. The number of nitrogens with one attached hydrogen (secondary N) is 1. The molecule has 0 saturated heterocycles. The molecule has 0 amide bonds. The summed E-state index contributed by atoms with van der Waals surface area (Å²) in [6, 6.07) is 5.51. The second-order valence-corrected chi connectivity index (χ2v) is 4.32. The van der Waals surface area contributed by atoms with E-state index in [0.717, 1.165) is 24.9 Å². The molecule has 6 nitrogen and oxygen atoms in total. The Morgan fingerprint density at radius 3 is 2.45 bits per heavy atom. The highest BCUT2D eigenvalue weighted by atomic mass is 16.5. The molecule has 1 heterocycles. The quantitative estimate of drug-likeness (QED) is 0.780. The molecule has 108 valence electrons. The van der Waals surface area contributed by atoms with Gasteiger partial charge in [0.1, 0.15) is 11.5 Å². The van der Waals surface area contributed by atoms with Gasteiger partial charge in [-0.15, -0.1) is 0 Å². The summed E-state index contributed by atoms with van der Waals surface area (Å²) in [5, 5.41) is 7.08. The molecule has 2 rings (SSSR count). The van der Waals surface area contributed by atoms with Gasteiger partial charge in [0.25, 0.3) is 0 Å². The van der Waals surface area contributed by atoms with Gasteiger partial charge in [0.15, 0.2) is 0 Å². The van der Waals surface area contributed by atoms with Gasteiger partial charge in [0, 0.05) is 18.1 Å². The largest absolute Gasteiger partial charge is 0.497 e. The molecule has 0 radical (unpaired) electrons. The Morgan fingerprint density at radius 1 is 1.15 bits per heavy atom. The zero-order chi connectivity index (χ0) is 14.4. The van der Waals surface area contributed by atoms with E-state index in [1.165, 1.54) is 0 Å². The molecule has 20 heavy (non-hydrogen) atoms. The van der Waals surface area contributed by atoms with Crippen molar-refractivity contribution in [1.82, 2.24) is 15.5 Å². The van der Waals surface area contributed by atoms with Gasteiger partial charge in [-0.2, -0.15) is 4.98 Å². The van der Waals surface area contributed by atoms with Crippen molar-refractivity contribution < 1.29 is 14.0 Å². The van der Waals surface area contributed by atoms with Crippen molar-refractivity contribution in [2.75, 3.05) is 27.8 Å². The second-order valence-electron chi connectivity index (χ2n) is 4.32. The lowest BCUT2D eigenvalue weighted by molar-refractivity contribution is 0.375. The third-order valence-electron chi connectivity index (χ3n) is 2.90. The normalized spacial score (nSPS) is 10.6. The molecule has 0 fully saturated rings. The molecule has 0 unspecified atom stereocenters. The molecule has 6 heteroatoms. The van der Waals surface area contributed by atoms with Gasteiger partial charge >= 0.3 is 0 Å².